The number of unbranched alkanes of at least 4 members (excludes halogenated alkanes) is 1. The average Bonchev–Trinajstić information content (AvgIpc) is 2.12. The van der Waals surface area contributed by atoms with E-state index in [-0.39, 0.29) is 5.60 Å². The summed E-state index contributed by atoms with van der Waals surface area (Å²) in [6.07, 6.45) is 3.76. The minimum absolute atomic E-state index is 0.0351. The molecule has 0 aromatic heterocycles. The van der Waals surface area contributed by atoms with Gasteiger partial charge in [-0.05, 0) is 6.42 Å². The van der Waals surface area contributed by atoms with Crippen LogP contribution in [0, 0.1) is 0 Å². The molecule has 2 heterocycles. The van der Waals surface area contributed by atoms with Crippen molar-refractivity contribution in [2.24, 2.45) is 0 Å². The highest BCUT2D eigenvalue weighted by Crippen LogP contribution is 2.30. The second kappa shape index (κ2) is 3.95. The SMILES string of the molecule is CCCCC1NCCOC12COC2. The van der Waals surface area contributed by atoms with Crippen LogP contribution in [0.15, 0.2) is 0 Å². The smallest absolute Gasteiger partial charge is 0.130 e. The second-order valence-corrected chi connectivity index (χ2v) is 4.05. The molecule has 1 unspecified atom stereocenters. The molecule has 2 rings (SSSR count). The van der Waals surface area contributed by atoms with E-state index in [0.717, 1.165) is 26.4 Å². The molecule has 76 valence electrons. The first-order valence-electron chi connectivity index (χ1n) is 5.32. The zero-order valence-electron chi connectivity index (χ0n) is 8.34. The lowest BCUT2D eigenvalue weighted by atomic mass is 9.87. The van der Waals surface area contributed by atoms with E-state index in [9.17, 15) is 0 Å². The highest BCUT2D eigenvalue weighted by Gasteiger charge is 2.48. The maximum absolute atomic E-state index is 5.82. The third-order valence-electron chi connectivity index (χ3n) is 3.06. The summed E-state index contributed by atoms with van der Waals surface area (Å²) in [5, 5.41) is 3.54. The van der Waals surface area contributed by atoms with Crippen LogP contribution < -0.4 is 5.32 Å². The van der Waals surface area contributed by atoms with Gasteiger partial charge in [0.15, 0.2) is 0 Å². The van der Waals surface area contributed by atoms with E-state index >= 15 is 0 Å². The Balaban J connectivity index is 1.89. The van der Waals surface area contributed by atoms with Crippen LogP contribution in [0.1, 0.15) is 26.2 Å². The predicted molar refractivity (Wildman–Crippen MR) is 50.8 cm³/mol. The Morgan fingerprint density at radius 2 is 2.31 bits per heavy atom. The van der Waals surface area contributed by atoms with Gasteiger partial charge in [0.05, 0.1) is 19.8 Å². The lowest BCUT2D eigenvalue weighted by Gasteiger charge is -2.49. The molecule has 0 amide bonds. The average molecular weight is 185 g/mol. The fourth-order valence-electron chi connectivity index (χ4n) is 2.14. The van der Waals surface area contributed by atoms with Gasteiger partial charge in [-0.1, -0.05) is 19.8 Å². The summed E-state index contributed by atoms with van der Waals surface area (Å²) in [5.41, 5.74) is 0.0351. The first-order valence-corrected chi connectivity index (χ1v) is 5.32. The summed E-state index contributed by atoms with van der Waals surface area (Å²) in [6.45, 7) is 5.64. The molecule has 3 nitrogen and oxygen atoms in total. The highest BCUT2D eigenvalue weighted by atomic mass is 16.6. The normalized spacial score (nSPS) is 31.6. The third-order valence-corrected chi connectivity index (χ3v) is 3.06. The number of hydrogen-bond acceptors (Lipinski definition) is 3. The minimum atomic E-state index is 0.0351. The quantitative estimate of drug-likeness (QED) is 0.709. The molecule has 0 radical (unpaired) electrons. The van der Waals surface area contributed by atoms with E-state index < -0.39 is 0 Å². The van der Waals surface area contributed by atoms with Crippen molar-refractivity contribution in [1.29, 1.82) is 0 Å². The maximum Gasteiger partial charge on any atom is 0.130 e. The molecule has 13 heavy (non-hydrogen) atoms. The first-order chi connectivity index (χ1) is 6.37. The minimum Gasteiger partial charge on any atom is -0.375 e. The Bertz CT molecular complexity index is 168. The number of hydrogen-bond donors (Lipinski definition) is 1. The molecular formula is C10H19NO2. The van der Waals surface area contributed by atoms with Crippen molar-refractivity contribution in [3.8, 4) is 0 Å². The van der Waals surface area contributed by atoms with Crippen molar-refractivity contribution in [3.05, 3.63) is 0 Å². The van der Waals surface area contributed by atoms with Gasteiger partial charge in [-0.3, -0.25) is 0 Å². The van der Waals surface area contributed by atoms with Crippen molar-refractivity contribution >= 4 is 0 Å². The van der Waals surface area contributed by atoms with Crippen molar-refractivity contribution in [1.82, 2.24) is 5.32 Å². The van der Waals surface area contributed by atoms with Crippen LogP contribution in [0.5, 0.6) is 0 Å². The van der Waals surface area contributed by atoms with Crippen LogP contribution >= 0.6 is 0 Å². The topological polar surface area (TPSA) is 30.5 Å². The van der Waals surface area contributed by atoms with Crippen molar-refractivity contribution in [3.63, 3.8) is 0 Å². The van der Waals surface area contributed by atoms with Crippen LogP contribution in [-0.4, -0.2) is 38.0 Å². The zero-order valence-corrected chi connectivity index (χ0v) is 8.34. The standard InChI is InChI=1S/C10H19NO2/c1-2-3-4-9-10(7-12-8-10)13-6-5-11-9/h9,11H,2-8H2,1H3. The lowest BCUT2D eigenvalue weighted by molar-refractivity contribution is -0.238. The molecule has 0 aromatic rings. The van der Waals surface area contributed by atoms with Crippen LogP contribution in [0.4, 0.5) is 0 Å². The van der Waals surface area contributed by atoms with Gasteiger partial charge in [0, 0.05) is 12.6 Å². The number of nitrogens with one attached hydrogen (secondary N) is 1. The summed E-state index contributed by atoms with van der Waals surface area (Å²) in [6, 6.07) is 0.523. The third kappa shape index (κ3) is 1.73. The maximum atomic E-state index is 5.82. The highest BCUT2D eigenvalue weighted by molar-refractivity contribution is 5.00. The van der Waals surface area contributed by atoms with Crippen LogP contribution in [-0.2, 0) is 9.47 Å². The molecule has 2 fully saturated rings. The van der Waals surface area contributed by atoms with Crippen LogP contribution in [0.3, 0.4) is 0 Å². The van der Waals surface area contributed by atoms with Crippen LogP contribution in [0.25, 0.3) is 0 Å². The summed E-state index contributed by atoms with van der Waals surface area (Å²) in [5.74, 6) is 0. The fraction of sp³-hybridized carbons (Fsp3) is 1.00. The Morgan fingerprint density at radius 1 is 1.46 bits per heavy atom. The molecule has 1 N–H and O–H groups in total. The second-order valence-electron chi connectivity index (χ2n) is 4.05. The summed E-state index contributed by atoms with van der Waals surface area (Å²) in [4.78, 5) is 0. The Labute approximate surface area is 79.8 Å². The van der Waals surface area contributed by atoms with Gasteiger partial charge in [0.1, 0.15) is 5.60 Å². The van der Waals surface area contributed by atoms with Gasteiger partial charge in [-0.25, -0.2) is 0 Å². The molecule has 1 atom stereocenters. The van der Waals surface area contributed by atoms with Gasteiger partial charge >= 0.3 is 0 Å². The molecule has 1 spiro atoms. The van der Waals surface area contributed by atoms with Crippen molar-refractivity contribution in [2.45, 2.75) is 37.8 Å². The van der Waals surface area contributed by atoms with Gasteiger partial charge < -0.3 is 14.8 Å². The van der Waals surface area contributed by atoms with E-state index in [2.05, 4.69) is 12.2 Å². The largest absolute Gasteiger partial charge is 0.375 e. The summed E-state index contributed by atoms with van der Waals surface area (Å²) < 4.78 is 11.1. The predicted octanol–water partition coefficient (Wildman–Crippen LogP) is 0.934. The molecule has 2 aliphatic rings. The molecule has 0 aromatic carbocycles. The molecule has 2 aliphatic heterocycles. The molecule has 0 saturated carbocycles. The van der Waals surface area contributed by atoms with E-state index in [1.54, 1.807) is 0 Å². The molecule has 0 bridgehead atoms. The number of morpholine rings is 1. The van der Waals surface area contributed by atoms with E-state index in [4.69, 9.17) is 9.47 Å². The van der Waals surface area contributed by atoms with Crippen molar-refractivity contribution in [2.75, 3.05) is 26.4 Å². The lowest BCUT2D eigenvalue weighted by Crippen LogP contribution is -2.67. The monoisotopic (exact) mass is 185 g/mol. The van der Waals surface area contributed by atoms with E-state index in [1.807, 2.05) is 0 Å². The first kappa shape index (κ1) is 9.44. The molecule has 3 heteroatoms. The Hall–Kier alpha value is -0.120. The Morgan fingerprint density at radius 3 is 2.92 bits per heavy atom. The molecule has 2 saturated heterocycles. The van der Waals surface area contributed by atoms with E-state index in [0.29, 0.717) is 6.04 Å². The summed E-state index contributed by atoms with van der Waals surface area (Å²) in [7, 11) is 0. The molecular weight excluding hydrogens is 166 g/mol. The molecule has 0 aliphatic carbocycles. The van der Waals surface area contributed by atoms with E-state index in [1.165, 1.54) is 19.3 Å². The van der Waals surface area contributed by atoms with Gasteiger partial charge in [0.2, 0.25) is 0 Å². The number of rotatable bonds is 3. The van der Waals surface area contributed by atoms with Crippen LogP contribution in [0.2, 0.25) is 0 Å². The van der Waals surface area contributed by atoms with Gasteiger partial charge in [-0.2, -0.15) is 0 Å². The van der Waals surface area contributed by atoms with Crippen molar-refractivity contribution < 1.29 is 9.47 Å². The fourth-order valence-corrected chi connectivity index (χ4v) is 2.14. The Kier molecular flexibility index (Phi) is 2.86. The number of ether oxygens (including phenoxy) is 2. The summed E-state index contributed by atoms with van der Waals surface area (Å²) >= 11 is 0. The van der Waals surface area contributed by atoms with Gasteiger partial charge in [0.25, 0.3) is 0 Å². The zero-order chi connectivity index (χ0) is 9.15. The van der Waals surface area contributed by atoms with Gasteiger partial charge in [-0.15, -0.1) is 0 Å².